The summed E-state index contributed by atoms with van der Waals surface area (Å²) in [6.45, 7) is 1.90. The molecule has 0 atom stereocenters. The molecule has 0 radical (unpaired) electrons. The van der Waals surface area contributed by atoms with Crippen LogP contribution in [0.25, 0.3) is 0 Å². The normalized spacial score (nSPS) is 13.4. The van der Waals surface area contributed by atoms with Gasteiger partial charge in [-0.1, -0.05) is 12.1 Å². The number of anilines is 2. The van der Waals surface area contributed by atoms with Crippen LogP contribution in [0.5, 0.6) is 0 Å². The van der Waals surface area contributed by atoms with E-state index < -0.39 is 15.8 Å². The summed E-state index contributed by atoms with van der Waals surface area (Å²) in [5.41, 5.74) is 2.45. The highest BCUT2D eigenvalue weighted by molar-refractivity contribution is 7.92. The van der Waals surface area contributed by atoms with Crippen molar-refractivity contribution in [3.8, 4) is 0 Å². The van der Waals surface area contributed by atoms with E-state index in [4.69, 9.17) is 0 Å². The Morgan fingerprint density at radius 1 is 0.969 bits per heavy atom. The summed E-state index contributed by atoms with van der Waals surface area (Å²) in [5.74, 6) is -0.844. The first-order valence-electron chi connectivity index (χ1n) is 10.1. The molecule has 1 heterocycles. The first-order chi connectivity index (χ1) is 15.2. The van der Waals surface area contributed by atoms with Gasteiger partial charge in [0.2, 0.25) is 0 Å². The van der Waals surface area contributed by atoms with Gasteiger partial charge in [-0.3, -0.25) is 14.3 Å². The van der Waals surface area contributed by atoms with E-state index in [-0.39, 0.29) is 16.6 Å². The number of fused-ring (bicyclic) bond motifs is 1. The number of nitrogens with one attached hydrogen (secondary N) is 1. The highest BCUT2D eigenvalue weighted by Gasteiger charge is 2.26. The smallest absolute Gasteiger partial charge is 0.261 e. The van der Waals surface area contributed by atoms with Gasteiger partial charge >= 0.3 is 0 Å². The van der Waals surface area contributed by atoms with Crippen LogP contribution in [0, 0.1) is 5.82 Å². The molecule has 1 amide bonds. The van der Waals surface area contributed by atoms with Crippen molar-refractivity contribution in [3.05, 3.63) is 89.2 Å². The number of hydrogen-bond acceptors (Lipinski definition) is 4. The summed E-state index contributed by atoms with van der Waals surface area (Å²) in [6, 6.07) is 16.3. The largest absolute Gasteiger partial charge is 0.308 e. The summed E-state index contributed by atoms with van der Waals surface area (Å²) >= 11 is 0. The van der Waals surface area contributed by atoms with E-state index in [9.17, 15) is 22.4 Å². The first-order valence-corrected chi connectivity index (χ1v) is 11.6. The predicted molar refractivity (Wildman–Crippen MR) is 120 cm³/mol. The molecule has 1 aliphatic heterocycles. The molecule has 8 heteroatoms. The van der Waals surface area contributed by atoms with Crippen LogP contribution < -0.4 is 9.62 Å². The van der Waals surface area contributed by atoms with Crippen molar-refractivity contribution in [2.75, 3.05) is 16.2 Å². The van der Waals surface area contributed by atoms with E-state index >= 15 is 0 Å². The Balaban J connectivity index is 1.62. The molecule has 0 saturated carbocycles. The standard InChI is InChI=1S/C24H21FN2O4S/c1-16(28)18-4-2-6-21(14-18)26-32(30,31)22-11-12-23-19(15-22)5-3-13-27(23)24(29)17-7-9-20(25)10-8-17/h2,4,6-12,14-15,26H,3,5,13H2,1H3. The van der Waals surface area contributed by atoms with Crippen LogP contribution in [0.15, 0.2) is 71.6 Å². The van der Waals surface area contributed by atoms with Gasteiger partial charge in [-0.15, -0.1) is 0 Å². The van der Waals surface area contributed by atoms with Crippen molar-refractivity contribution in [3.63, 3.8) is 0 Å². The Morgan fingerprint density at radius 3 is 2.44 bits per heavy atom. The molecule has 0 unspecified atom stereocenters. The number of hydrogen-bond donors (Lipinski definition) is 1. The van der Waals surface area contributed by atoms with Crippen molar-refractivity contribution < 1.29 is 22.4 Å². The van der Waals surface area contributed by atoms with Crippen LogP contribution in [0.4, 0.5) is 15.8 Å². The second kappa shape index (κ2) is 8.55. The van der Waals surface area contributed by atoms with Crippen LogP contribution in [0.1, 0.15) is 39.6 Å². The summed E-state index contributed by atoms with van der Waals surface area (Å²) in [6.07, 6.45) is 1.31. The second-order valence-electron chi connectivity index (χ2n) is 7.60. The van der Waals surface area contributed by atoms with E-state index in [0.717, 1.165) is 5.56 Å². The number of sulfonamides is 1. The third kappa shape index (κ3) is 4.40. The van der Waals surface area contributed by atoms with Gasteiger partial charge in [0, 0.05) is 29.0 Å². The maximum Gasteiger partial charge on any atom is 0.261 e. The zero-order valence-electron chi connectivity index (χ0n) is 17.3. The zero-order chi connectivity index (χ0) is 22.9. The molecule has 164 valence electrons. The number of rotatable bonds is 5. The Bertz CT molecular complexity index is 1300. The molecule has 32 heavy (non-hydrogen) atoms. The highest BCUT2D eigenvalue weighted by Crippen LogP contribution is 2.31. The molecular weight excluding hydrogens is 431 g/mol. The van der Waals surface area contributed by atoms with Crippen LogP contribution in [-0.2, 0) is 16.4 Å². The van der Waals surface area contributed by atoms with E-state index in [1.165, 1.54) is 43.3 Å². The second-order valence-corrected chi connectivity index (χ2v) is 9.28. The van der Waals surface area contributed by atoms with Gasteiger partial charge in [-0.05, 0) is 79.9 Å². The number of ketones is 1. The molecule has 6 nitrogen and oxygen atoms in total. The summed E-state index contributed by atoms with van der Waals surface area (Å²) < 4.78 is 41.6. The highest BCUT2D eigenvalue weighted by atomic mass is 32.2. The third-order valence-corrected chi connectivity index (χ3v) is 6.72. The number of halogens is 1. The molecule has 3 aromatic rings. The van der Waals surface area contributed by atoms with Gasteiger partial charge in [-0.2, -0.15) is 0 Å². The van der Waals surface area contributed by atoms with Gasteiger partial charge in [0.25, 0.3) is 15.9 Å². The number of Topliss-reactive ketones (excluding diaryl/α,β-unsaturated/α-hetero) is 1. The van der Waals surface area contributed by atoms with Crippen molar-refractivity contribution >= 4 is 33.1 Å². The number of carbonyl (C=O) groups excluding carboxylic acids is 2. The van der Waals surface area contributed by atoms with Crippen molar-refractivity contribution in [1.82, 2.24) is 0 Å². The minimum Gasteiger partial charge on any atom is -0.308 e. The molecule has 0 aliphatic carbocycles. The van der Waals surface area contributed by atoms with E-state index in [1.54, 1.807) is 35.2 Å². The summed E-state index contributed by atoms with van der Waals surface area (Å²) in [7, 11) is -3.89. The minimum absolute atomic E-state index is 0.0700. The van der Waals surface area contributed by atoms with Gasteiger partial charge in [0.15, 0.2) is 5.78 Å². The number of amides is 1. The average molecular weight is 453 g/mol. The topological polar surface area (TPSA) is 83.6 Å². The monoisotopic (exact) mass is 452 g/mol. The molecule has 0 spiro atoms. The molecule has 0 bridgehead atoms. The molecular formula is C24H21FN2O4S. The maximum atomic E-state index is 13.2. The number of aryl methyl sites for hydroxylation is 1. The molecule has 1 aliphatic rings. The van der Waals surface area contributed by atoms with Gasteiger partial charge < -0.3 is 4.90 Å². The van der Waals surface area contributed by atoms with Crippen molar-refractivity contribution in [2.45, 2.75) is 24.7 Å². The van der Waals surface area contributed by atoms with E-state index in [2.05, 4.69) is 4.72 Å². The quantitative estimate of drug-likeness (QED) is 0.581. The fourth-order valence-electron chi connectivity index (χ4n) is 3.72. The van der Waals surface area contributed by atoms with E-state index in [1.807, 2.05) is 0 Å². The molecule has 0 aromatic heterocycles. The number of carbonyl (C=O) groups is 2. The van der Waals surface area contributed by atoms with Crippen LogP contribution in [0.2, 0.25) is 0 Å². The molecule has 3 aromatic carbocycles. The van der Waals surface area contributed by atoms with Crippen LogP contribution >= 0.6 is 0 Å². The Morgan fingerprint density at radius 2 is 1.72 bits per heavy atom. The van der Waals surface area contributed by atoms with E-state index in [0.29, 0.717) is 41.9 Å². The Kier molecular flexibility index (Phi) is 5.80. The zero-order valence-corrected chi connectivity index (χ0v) is 18.2. The lowest BCUT2D eigenvalue weighted by molar-refractivity contribution is 0.0983. The van der Waals surface area contributed by atoms with Crippen molar-refractivity contribution in [1.29, 1.82) is 0 Å². The minimum atomic E-state index is -3.89. The Labute approximate surface area is 185 Å². The van der Waals surface area contributed by atoms with Gasteiger partial charge in [-0.25, -0.2) is 12.8 Å². The fraction of sp³-hybridized carbons (Fsp3) is 0.167. The summed E-state index contributed by atoms with van der Waals surface area (Å²) in [5, 5.41) is 0. The first kappa shape index (κ1) is 21.7. The predicted octanol–water partition coefficient (Wildman–Crippen LogP) is 4.42. The van der Waals surface area contributed by atoms with Gasteiger partial charge in [0.05, 0.1) is 4.90 Å². The molecule has 0 saturated heterocycles. The number of nitrogens with zero attached hydrogens (tertiary/aromatic N) is 1. The van der Waals surface area contributed by atoms with Gasteiger partial charge in [0.1, 0.15) is 5.82 Å². The fourth-order valence-corrected chi connectivity index (χ4v) is 4.82. The molecule has 4 rings (SSSR count). The van der Waals surface area contributed by atoms with Crippen molar-refractivity contribution in [2.24, 2.45) is 0 Å². The number of benzene rings is 3. The lowest BCUT2D eigenvalue weighted by Gasteiger charge is -2.30. The summed E-state index contributed by atoms with van der Waals surface area (Å²) in [4.78, 5) is 26.2. The molecule has 0 fully saturated rings. The van der Waals surface area contributed by atoms with Crippen LogP contribution in [-0.4, -0.2) is 26.7 Å². The molecule has 1 N–H and O–H groups in total. The third-order valence-electron chi connectivity index (χ3n) is 5.34. The SMILES string of the molecule is CC(=O)c1cccc(NS(=O)(=O)c2ccc3c(c2)CCCN3C(=O)c2ccc(F)cc2)c1. The lowest BCUT2D eigenvalue weighted by Crippen LogP contribution is -2.35. The lowest BCUT2D eigenvalue weighted by atomic mass is 10.0. The Hall–Kier alpha value is -3.52. The van der Waals surface area contributed by atoms with Crippen LogP contribution in [0.3, 0.4) is 0 Å². The average Bonchev–Trinajstić information content (AvgIpc) is 2.78. The maximum absolute atomic E-state index is 13.2.